The smallest absolute Gasteiger partial charge is 0.453 e. The number of nitrogen functional groups attached to an aromatic ring is 1. The lowest BCUT2D eigenvalue weighted by molar-refractivity contribution is 0.102. The molecule has 39 heavy (non-hydrogen) atoms. The van der Waals surface area contributed by atoms with E-state index in [0.717, 1.165) is 18.2 Å². The predicted octanol–water partition coefficient (Wildman–Crippen LogP) is 4.60. The third kappa shape index (κ3) is 6.66. The van der Waals surface area contributed by atoms with Crippen molar-refractivity contribution in [2.24, 2.45) is 0 Å². The maximum Gasteiger partial charge on any atom is 0.469 e. The lowest BCUT2D eigenvalue weighted by Gasteiger charge is -2.14. The zero-order valence-electron chi connectivity index (χ0n) is 19.5. The van der Waals surface area contributed by atoms with Crippen molar-refractivity contribution in [3.05, 3.63) is 99.1 Å². The molecule has 0 spiro atoms. The lowest BCUT2D eigenvalue weighted by atomic mass is 10.0. The Morgan fingerprint density at radius 3 is 2.51 bits per heavy atom. The summed E-state index contributed by atoms with van der Waals surface area (Å²) in [6.45, 7) is -0.830. The molecule has 0 bridgehead atoms. The second-order valence-corrected chi connectivity index (χ2v) is 9.48. The molecular formula is C24H18ClF2N4O7P. The van der Waals surface area contributed by atoms with Gasteiger partial charge < -0.3 is 30.6 Å². The van der Waals surface area contributed by atoms with Crippen LogP contribution in [0.3, 0.4) is 0 Å². The van der Waals surface area contributed by atoms with Crippen LogP contribution in [0.2, 0.25) is 5.02 Å². The molecule has 0 aliphatic rings. The minimum Gasteiger partial charge on any atom is -0.453 e. The maximum atomic E-state index is 14.8. The van der Waals surface area contributed by atoms with Crippen LogP contribution in [-0.2, 0) is 15.7 Å². The number of nitrogens with zero attached hydrogens (tertiary/aromatic N) is 1. The zero-order valence-corrected chi connectivity index (χ0v) is 21.2. The van der Waals surface area contributed by atoms with Gasteiger partial charge in [-0.3, -0.25) is 14.1 Å². The van der Waals surface area contributed by atoms with Crippen LogP contribution >= 0.6 is 19.4 Å². The number of amides is 1. The summed E-state index contributed by atoms with van der Waals surface area (Å²) in [5.41, 5.74) is 4.06. The minimum atomic E-state index is -4.97. The molecule has 0 aliphatic carbocycles. The minimum absolute atomic E-state index is 0.0231. The van der Waals surface area contributed by atoms with Gasteiger partial charge in [0.2, 0.25) is 5.43 Å². The molecule has 2 aromatic carbocycles. The van der Waals surface area contributed by atoms with Gasteiger partial charge in [0.05, 0.1) is 12.3 Å². The second-order valence-electron chi connectivity index (χ2n) is 7.87. The van der Waals surface area contributed by atoms with Crippen molar-refractivity contribution in [3.8, 4) is 22.6 Å². The fourth-order valence-electron chi connectivity index (χ4n) is 3.41. The number of benzene rings is 2. The molecule has 0 unspecified atom stereocenters. The number of hydrogen-bond acceptors (Lipinski definition) is 7. The Kier molecular flexibility index (Phi) is 8.09. The third-order valence-electron chi connectivity index (χ3n) is 5.21. The van der Waals surface area contributed by atoms with Crippen molar-refractivity contribution in [2.45, 2.75) is 6.61 Å². The molecule has 0 radical (unpaired) electrons. The van der Waals surface area contributed by atoms with E-state index in [-0.39, 0.29) is 44.8 Å². The zero-order chi connectivity index (χ0) is 28.3. The Labute approximate surface area is 223 Å². The number of nitrogens with two attached hydrogens (primary N) is 1. The van der Waals surface area contributed by atoms with E-state index < -0.39 is 43.0 Å². The first kappa shape index (κ1) is 27.9. The number of carbonyl (C=O) groups is 1. The lowest BCUT2D eigenvalue weighted by Crippen LogP contribution is -2.26. The number of phosphoric acid groups is 1. The van der Waals surface area contributed by atoms with E-state index in [1.165, 1.54) is 42.7 Å². The molecule has 202 valence electrons. The van der Waals surface area contributed by atoms with Gasteiger partial charge in [-0.05, 0) is 29.8 Å². The number of carbonyl (C=O) groups excluding carboxylic acids is 1. The highest BCUT2D eigenvalue weighted by Gasteiger charge is 2.23. The van der Waals surface area contributed by atoms with Crippen LogP contribution in [-0.4, -0.2) is 25.7 Å². The quantitative estimate of drug-likeness (QED) is 0.187. The first-order valence-electron chi connectivity index (χ1n) is 10.8. The van der Waals surface area contributed by atoms with E-state index in [1.54, 1.807) is 0 Å². The van der Waals surface area contributed by atoms with Gasteiger partial charge in [0.15, 0.2) is 17.3 Å². The molecule has 2 aromatic heterocycles. The average molecular weight is 579 g/mol. The highest BCUT2D eigenvalue weighted by atomic mass is 35.5. The summed E-state index contributed by atoms with van der Waals surface area (Å²) in [7, 11) is -4.97. The van der Waals surface area contributed by atoms with Crippen molar-refractivity contribution in [2.75, 3.05) is 11.1 Å². The van der Waals surface area contributed by atoms with Crippen molar-refractivity contribution < 1.29 is 37.2 Å². The van der Waals surface area contributed by atoms with E-state index in [0.29, 0.717) is 0 Å². The first-order chi connectivity index (χ1) is 18.4. The molecule has 0 saturated heterocycles. The number of pyridine rings is 2. The van der Waals surface area contributed by atoms with Crippen LogP contribution in [0.1, 0.15) is 16.1 Å². The maximum absolute atomic E-state index is 14.8. The molecule has 4 aromatic rings. The van der Waals surface area contributed by atoms with Gasteiger partial charge >= 0.3 is 7.82 Å². The topological polar surface area (TPSA) is 177 Å². The van der Waals surface area contributed by atoms with E-state index >= 15 is 0 Å². The van der Waals surface area contributed by atoms with Crippen LogP contribution in [0.5, 0.6) is 11.5 Å². The van der Waals surface area contributed by atoms with E-state index in [9.17, 15) is 22.9 Å². The van der Waals surface area contributed by atoms with Crippen molar-refractivity contribution >= 4 is 36.8 Å². The van der Waals surface area contributed by atoms with E-state index in [1.807, 2.05) is 0 Å². The van der Waals surface area contributed by atoms with Crippen LogP contribution in [0, 0.1) is 11.6 Å². The highest BCUT2D eigenvalue weighted by molar-refractivity contribution is 7.46. The summed E-state index contributed by atoms with van der Waals surface area (Å²) >= 11 is 6.01. The van der Waals surface area contributed by atoms with Crippen molar-refractivity contribution in [3.63, 3.8) is 0 Å². The first-order valence-corrected chi connectivity index (χ1v) is 12.7. The summed E-state index contributed by atoms with van der Waals surface area (Å²) in [5.74, 6) is -2.74. The summed E-state index contributed by atoms with van der Waals surface area (Å²) in [6, 6.07) is 9.59. The molecular weight excluding hydrogens is 561 g/mol. The van der Waals surface area contributed by atoms with Crippen LogP contribution in [0.4, 0.5) is 20.3 Å². The summed E-state index contributed by atoms with van der Waals surface area (Å²) < 4.78 is 49.2. The number of rotatable bonds is 8. The molecule has 0 saturated carbocycles. The molecule has 2 heterocycles. The van der Waals surface area contributed by atoms with Gasteiger partial charge in [-0.15, -0.1) is 0 Å². The SMILES string of the molecule is Nc1nccc(Oc2ccc(NC(=O)c3c(COP(=O)(O)O)[nH]cc(-c4ccc(F)cc4)c3=O)cc2F)c1Cl. The molecule has 0 fully saturated rings. The van der Waals surface area contributed by atoms with E-state index in [4.69, 9.17) is 31.9 Å². The Morgan fingerprint density at radius 2 is 1.85 bits per heavy atom. The van der Waals surface area contributed by atoms with Gasteiger partial charge in [0, 0.05) is 35.8 Å². The molecule has 6 N–H and O–H groups in total. The number of nitrogens with one attached hydrogen (secondary N) is 2. The standard InChI is InChI=1S/C24H18ClF2N4O7P/c25-21-19(7-8-29-23(21)28)38-18-6-5-14(9-16(18)27)31-24(33)20-17(11-37-39(34,35)36)30-10-15(22(20)32)12-1-3-13(26)4-2-12/h1-10H,11H2,(H2,28,29)(H,30,32)(H,31,33)(H2,34,35,36). The molecule has 0 atom stereocenters. The number of aromatic nitrogens is 2. The Balaban J connectivity index is 1.65. The number of aromatic amines is 1. The number of anilines is 2. The van der Waals surface area contributed by atoms with Gasteiger partial charge in [-0.25, -0.2) is 18.3 Å². The van der Waals surface area contributed by atoms with Crippen LogP contribution in [0.25, 0.3) is 11.1 Å². The molecule has 11 nitrogen and oxygen atoms in total. The highest BCUT2D eigenvalue weighted by Crippen LogP contribution is 2.37. The van der Waals surface area contributed by atoms with Gasteiger partial charge in [-0.2, -0.15) is 0 Å². The van der Waals surface area contributed by atoms with Crippen LogP contribution < -0.4 is 21.2 Å². The van der Waals surface area contributed by atoms with Crippen molar-refractivity contribution in [1.82, 2.24) is 9.97 Å². The number of halogens is 3. The third-order valence-corrected chi connectivity index (χ3v) is 6.06. The number of ether oxygens (including phenoxy) is 1. The monoisotopic (exact) mass is 578 g/mol. The largest absolute Gasteiger partial charge is 0.469 e. The second kappa shape index (κ2) is 11.3. The average Bonchev–Trinajstić information content (AvgIpc) is 2.87. The number of phosphoric ester groups is 1. The summed E-state index contributed by atoms with van der Waals surface area (Å²) in [6.07, 6.45) is 2.50. The van der Waals surface area contributed by atoms with Gasteiger partial charge in [0.25, 0.3) is 5.91 Å². The summed E-state index contributed by atoms with van der Waals surface area (Å²) in [5, 5.41) is 2.33. The Bertz CT molecular complexity index is 1660. The normalized spacial score (nSPS) is 11.3. The van der Waals surface area contributed by atoms with Crippen LogP contribution in [0.15, 0.2) is 65.7 Å². The Hall–Kier alpha value is -4.13. The molecule has 4 rings (SSSR count). The van der Waals surface area contributed by atoms with E-state index in [2.05, 4.69) is 19.8 Å². The molecule has 1 amide bonds. The predicted molar refractivity (Wildman–Crippen MR) is 137 cm³/mol. The number of hydrogen-bond donors (Lipinski definition) is 5. The number of H-pyrrole nitrogens is 1. The molecule has 15 heteroatoms. The fraction of sp³-hybridized carbons (Fsp3) is 0.0417. The molecule has 0 aliphatic heterocycles. The van der Waals surface area contributed by atoms with Gasteiger partial charge in [-0.1, -0.05) is 23.7 Å². The van der Waals surface area contributed by atoms with Gasteiger partial charge in [0.1, 0.15) is 22.2 Å². The fourth-order valence-corrected chi connectivity index (χ4v) is 3.86. The Morgan fingerprint density at radius 1 is 1.13 bits per heavy atom. The summed E-state index contributed by atoms with van der Waals surface area (Å²) in [4.78, 5) is 50.9. The van der Waals surface area contributed by atoms with Crippen molar-refractivity contribution in [1.29, 1.82) is 0 Å².